The molecule has 0 saturated heterocycles. The summed E-state index contributed by atoms with van der Waals surface area (Å²) in [5.74, 6) is -54.6. The van der Waals surface area contributed by atoms with E-state index in [1.165, 1.54) is 13.8 Å². The van der Waals surface area contributed by atoms with E-state index >= 15 is 0 Å². The molecule has 1 amide bonds. The number of halogens is 15. The summed E-state index contributed by atoms with van der Waals surface area (Å²) in [5, 5.41) is 0.864. The second kappa shape index (κ2) is 16.1. The SMILES string of the molecule is CCCCCCCCCCCCOC(=O)C(CC(C)C)NC(=O)C(F)(F)C(F)(F)C(F)(F)C(F)(F)C(F)(F)C(F)(F)C(F)(F)F. The molecule has 0 radical (unpaired) electrons. The molecule has 0 aliphatic rings. The van der Waals surface area contributed by atoms with Crippen molar-refractivity contribution in [2.24, 2.45) is 5.92 Å². The average Bonchev–Trinajstić information content (AvgIpc) is 2.89. The molecule has 0 spiro atoms. The standard InChI is InChI=1S/C26H36F15NO3/c1-4-5-6-7-8-9-10-11-12-13-14-45-18(43)17(15-16(2)3)42-19(44)20(27,28)21(29,30)22(31,32)23(33,34)24(35,36)25(37,38)26(39,40)41/h16-17H,4-15H2,1-3H3,(H,42,44). The van der Waals surface area contributed by atoms with E-state index in [1.807, 2.05) is 0 Å². The highest BCUT2D eigenvalue weighted by molar-refractivity contribution is 5.89. The summed E-state index contributed by atoms with van der Waals surface area (Å²) in [6.07, 6.45) is 0.225. The first-order chi connectivity index (χ1) is 20.2. The predicted octanol–water partition coefficient (Wildman–Crippen LogP) is 9.36. The van der Waals surface area contributed by atoms with Gasteiger partial charge in [0.2, 0.25) is 0 Å². The maximum absolute atomic E-state index is 14.3. The number of nitrogens with one attached hydrogen (secondary N) is 1. The van der Waals surface area contributed by atoms with Crippen molar-refractivity contribution in [3.05, 3.63) is 0 Å². The molecule has 0 heterocycles. The Morgan fingerprint density at radius 3 is 1.36 bits per heavy atom. The molecule has 45 heavy (non-hydrogen) atoms. The van der Waals surface area contributed by atoms with Crippen molar-refractivity contribution in [3.8, 4) is 0 Å². The van der Waals surface area contributed by atoms with Crippen molar-refractivity contribution in [2.45, 2.75) is 139 Å². The summed E-state index contributed by atoms with van der Waals surface area (Å²) in [7, 11) is 0. The monoisotopic (exact) mass is 695 g/mol. The average molecular weight is 696 g/mol. The van der Waals surface area contributed by atoms with E-state index in [2.05, 4.69) is 6.92 Å². The molecule has 0 aliphatic heterocycles. The topological polar surface area (TPSA) is 55.4 Å². The van der Waals surface area contributed by atoms with Crippen molar-refractivity contribution in [3.63, 3.8) is 0 Å². The Morgan fingerprint density at radius 1 is 0.578 bits per heavy atom. The summed E-state index contributed by atoms with van der Waals surface area (Å²) >= 11 is 0. The van der Waals surface area contributed by atoms with Crippen molar-refractivity contribution in [2.75, 3.05) is 6.61 Å². The summed E-state index contributed by atoms with van der Waals surface area (Å²) in [6, 6.07) is -2.30. The molecule has 0 aliphatic carbocycles. The largest absolute Gasteiger partial charge is 0.464 e. The summed E-state index contributed by atoms with van der Waals surface area (Å²) in [4.78, 5) is 24.2. The van der Waals surface area contributed by atoms with E-state index in [0.29, 0.717) is 12.8 Å². The van der Waals surface area contributed by atoms with Crippen LogP contribution in [0, 0.1) is 5.92 Å². The number of hydrogen-bond acceptors (Lipinski definition) is 3. The van der Waals surface area contributed by atoms with Gasteiger partial charge in [0.1, 0.15) is 6.04 Å². The lowest BCUT2D eigenvalue weighted by atomic mass is 9.90. The van der Waals surface area contributed by atoms with Crippen LogP contribution in [0.15, 0.2) is 0 Å². The fourth-order valence-corrected chi connectivity index (χ4v) is 3.91. The summed E-state index contributed by atoms with van der Waals surface area (Å²) < 4.78 is 206. The molecule has 0 aromatic heterocycles. The summed E-state index contributed by atoms with van der Waals surface area (Å²) in [5.41, 5.74) is 0. The van der Waals surface area contributed by atoms with Crippen LogP contribution in [-0.2, 0) is 14.3 Å². The van der Waals surface area contributed by atoms with Crippen LogP contribution < -0.4 is 5.32 Å². The van der Waals surface area contributed by atoms with Crippen molar-refractivity contribution < 1.29 is 80.2 Å². The zero-order valence-corrected chi connectivity index (χ0v) is 24.5. The number of rotatable bonds is 21. The van der Waals surface area contributed by atoms with Crippen LogP contribution in [0.25, 0.3) is 0 Å². The van der Waals surface area contributed by atoms with Crippen LogP contribution in [0.2, 0.25) is 0 Å². The molecule has 0 aromatic carbocycles. The zero-order valence-electron chi connectivity index (χ0n) is 24.5. The smallest absolute Gasteiger partial charge is 0.460 e. The first-order valence-corrected chi connectivity index (χ1v) is 14.0. The van der Waals surface area contributed by atoms with Gasteiger partial charge in [-0.2, -0.15) is 65.9 Å². The van der Waals surface area contributed by atoms with E-state index in [0.717, 1.165) is 50.3 Å². The number of ether oxygens (including phenoxy) is 1. The number of unbranched alkanes of at least 4 members (excludes halogenated alkanes) is 9. The Balaban J connectivity index is 5.65. The van der Waals surface area contributed by atoms with Gasteiger partial charge in [-0.25, -0.2) is 4.79 Å². The van der Waals surface area contributed by atoms with E-state index in [9.17, 15) is 75.4 Å². The second-order valence-electron chi connectivity index (χ2n) is 10.9. The fourth-order valence-electron chi connectivity index (χ4n) is 3.91. The third-order valence-corrected chi connectivity index (χ3v) is 6.65. The van der Waals surface area contributed by atoms with Crippen molar-refractivity contribution in [1.82, 2.24) is 5.32 Å². The number of alkyl halides is 15. The normalized spacial score (nSPS) is 14.9. The molecule has 4 nitrogen and oxygen atoms in total. The molecule has 19 heteroatoms. The van der Waals surface area contributed by atoms with Gasteiger partial charge in [0.25, 0.3) is 5.91 Å². The Bertz CT molecular complexity index is 937. The van der Waals surface area contributed by atoms with E-state index in [1.54, 1.807) is 0 Å². The molecule has 0 aromatic rings. The number of carbonyl (C=O) groups excluding carboxylic acids is 2. The number of esters is 1. The predicted molar refractivity (Wildman–Crippen MR) is 130 cm³/mol. The number of amides is 1. The molecule has 0 bridgehead atoms. The molecular formula is C26H36F15NO3. The van der Waals surface area contributed by atoms with Gasteiger partial charge in [-0.15, -0.1) is 0 Å². The van der Waals surface area contributed by atoms with Crippen LogP contribution in [0.1, 0.15) is 91.4 Å². The van der Waals surface area contributed by atoms with E-state index in [-0.39, 0.29) is 13.0 Å². The van der Waals surface area contributed by atoms with Gasteiger partial charge < -0.3 is 10.1 Å². The Morgan fingerprint density at radius 2 is 0.956 bits per heavy atom. The maximum Gasteiger partial charge on any atom is 0.460 e. The van der Waals surface area contributed by atoms with Crippen LogP contribution >= 0.6 is 0 Å². The third-order valence-electron chi connectivity index (χ3n) is 6.65. The lowest BCUT2D eigenvalue weighted by Crippen LogP contribution is -2.74. The van der Waals surface area contributed by atoms with Gasteiger partial charge in [0, 0.05) is 0 Å². The number of carbonyl (C=O) groups is 2. The molecule has 0 fully saturated rings. The van der Waals surface area contributed by atoms with Gasteiger partial charge in [-0.05, 0) is 18.8 Å². The molecule has 1 atom stereocenters. The zero-order chi connectivity index (χ0) is 35.7. The fraction of sp³-hybridized carbons (Fsp3) is 0.923. The molecule has 1 unspecified atom stereocenters. The highest BCUT2D eigenvalue weighted by atomic mass is 19.4. The van der Waals surface area contributed by atoms with E-state index < -0.39 is 72.0 Å². The molecule has 0 rings (SSSR count). The first-order valence-electron chi connectivity index (χ1n) is 14.0. The van der Waals surface area contributed by atoms with Crippen LogP contribution in [-0.4, -0.2) is 66.2 Å². The summed E-state index contributed by atoms with van der Waals surface area (Å²) in [6.45, 7) is 4.27. The van der Waals surface area contributed by atoms with Crippen molar-refractivity contribution in [1.29, 1.82) is 0 Å². The molecular weight excluding hydrogens is 659 g/mol. The Labute approximate surface area is 249 Å². The first kappa shape index (κ1) is 42.9. The van der Waals surface area contributed by atoms with Crippen molar-refractivity contribution >= 4 is 11.9 Å². The van der Waals surface area contributed by atoms with Crippen LogP contribution in [0.4, 0.5) is 65.9 Å². The van der Waals surface area contributed by atoms with Crippen LogP contribution in [0.3, 0.4) is 0 Å². The van der Waals surface area contributed by atoms with Gasteiger partial charge in [0.15, 0.2) is 0 Å². The minimum absolute atomic E-state index is 0.218. The Kier molecular flexibility index (Phi) is 15.4. The van der Waals surface area contributed by atoms with Gasteiger partial charge in [0.05, 0.1) is 6.61 Å². The highest BCUT2D eigenvalue weighted by Gasteiger charge is 2.94. The third kappa shape index (κ3) is 9.70. The molecule has 268 valence electrons. The van der Waals surface area contributed by atoms with Gasteiger partial charge in [-0.3, -0.25) is 4.79 Å². The quantitative estimate of drug-likeness (QED) is 0.0740. The highest BCUT2D eigenvalue weighted by Crippen LogP contribution is 2.62. The number of hydrogen-bond donors (Lipinski definition) is 1. The molecule has 0 saturated carbocycles. The van der Waals surface area contributed by atoms with E-state index in [4.69, 9.17) is 4.74 Å². The maximum atomic E-state index is 14.3. The molecule has 1 N–H and O–H groups in total. The van der Waals surface area contributed by atoms with Gasteiger partial charge in [-0.1, -0.05) is 78.6 Å². The van der Waals surface area contributed by atoms with Gasteiger partial charge >= 0.3 is 47.7 Å². The van der Waals surface area contributed by atoms with Crippen LogP contribution in [0.5, 0.6) is 0 Å². The second-order valence-corrected chi connectivity index (χ2v) is 10.9. The minimum atomic E-state index is -8.52. The Hall–Kier alpha value is -2.11. The lowest BCUT2D eigenvalue weighted by molar-refractivity contribution is -0.449. The lowest BCUT2D eigenvalue weighted by Gasteiger charge is -2.41. The minimum Gasteiger partial charge on any atom is -0.464 e.